The number of aliphatic imine (C=N–C) groups is 1. The molecule has 3 N–H and O–H groups in total. The topological polar surface area (TPSA) is 122 Å². The number of ether oxygens (including phenoxy) is 1. The molecular formula is C24H23N3O5S. The summed E-state index contributed by atoms with van der Waals surface area (Å²) in [6.07, 6.45) is 0. The van der Waals surface area contributed by atoms with Gasteiger partial charge in [-0.05, 0) is 52.1 Å². The van der Waals surface area contributed by atoms with Crippen LogP contribution in [0.15, 0.2) is 77.8 Å². The van der Waals surface area contributed by atoms with Gasteiger partial charge in [0.2, 0.25) is 0 Å². The zero-order valence-corrected chi connectivity index (χ0v) is 18.9. The number of benzene rings is 3. The Hall–Kier alpha value is -3.69. The number of methoxy groups -OCH3 is 1. The van der Waals surface area contributed by atoms with Crippen molar-refractivity contribution in [3.63, 3.8) is 0 Å². The normalized spacial score (nSPS) is 18.3. The van der Waals surface area contributed by atoms with E-state index in [0.717, 1.165) is 5.56 Å². The molecule has 0 aromatic heterocycles. The quantitative estimate of drug-likeness (QED) is 0.540. The molecule has 3 aromatic carbocycles. The summed E-state index contributed by atoms with van der Waals surface area (Å²) >= 11 is 0. The van der Waals surface area contributed by atoms with Crippen molar-refractivity contribution in [2.45, 2.75) is 11.3 Å². The Morgan fingerprint density at radius 3 is 2.30 bits per heavy atom. The molecule has 8 nitrogen and oxygen atoms in total. The largest absolute Gasteiger partial charge is 0.497 e. The second kappa shape index (κ2) is 8.34. The Labute approximate surface area is 192 Å². The molecule has 1 amide bonds. The molecule has 0 aliphatic carbocycles. The molecule has 4 rings (SSSR count). The predicted molar refractivity (Wildman–Crippen MR) is 125 cm³/mol. The van der Waals surface area contributed by atoms with Gasteiger partial charge in [-0.2, -0.15) is 8.42 Å². The first kappa shape index (κ1) is 22.5. The smallest absolute Gasteiger partial charge is 0.269 e. The molecule has 3 aromatic rings. The highest BCUT2D eigenvalue weighted by atomic mass is 32.2. The van der Waals surface area contributed by atoms with E-state index < -0.39 is 21.4 Å². The van der Waals surface area contributed by atoms with Crippen molar-refractivity contribution in [3.05, 3.63) is 89.5 Å². The number of guanidine groups is 1. The maximum atomic E-state index is 13.4. The van der Waals surface area contributed by atoms with Crippen molar-refractivity contribution in [1.82, 2.24) is 4.90 Å². The molecule has 0 saturated carbocycles. The van der Waals surface area contributed by atoms with E-state index in [9.17, 15) is 17.8 Å². The van der Waals surface area contributed by atoms with Crippen molar-refractivity contribution in [2.75, 3.05) is 14.2 Å². The van der Waals surface area contributed by atoms with E-state index in [0.29, 0.717) is 28.0 Å². The maximum Gasteiger partial charge on any atom is 0.269 e. The van der Waals surface area contributed by atoms with E-state index in [-0.39, 0.29) is 11.9 Å². The molecule has 1 heterocycles. The van der Waals surface area contributed by atoms with Gasteiger partial charge in [-0.25, -0.2) is 4.99 Å². The van der Waals surface area contributed by atoms with Crippen LogP contribution in [0.1, 0.15) is 16.7 Å². The van der Waals surface area contributed by atoms with Gasteiger partial charge >= 0.3 is 0 Å². The maximum absolute atomic E-state index is 13.4. The third kappa shape index (κ3) is 4.20. The molecule has 0 unspecified atom stereocenters. The minimum atomic E-state index is -4.23. The number of likely N-dealkylation sites (N-methyl/N-ethyl adjacent to an activating group) is 1. The summed E-state index contributed by atoms with van der Waals surface area (Å²) in [5.41, 5.74) is 7.74. The minimum absolute atomic E-state index is 0.117. The van der Waals surface area contributed by atoms with Gasteiger partial charge in [0.1, 0.15) is 11.5 Å². The molecule has 0 fully saturated rings. The summed E-state index contributed by atoms with van der Waals surface area (Å²) < 4.78 is 37.4. The lowest BCUT2D eigenvalue weighted by molar-refractivity contribution is -0.129. The summed E-state index contributed by atoms with van der Waals surface area (Å²) in [5.74, 6) is -0.269. The molecule has 0 radical (unpaired) electrons. The number of rotatable bonds is 6. The predicted octanol–water partition coefficient (Wildman–Crippen LogP) is 2.78. The Morgan fingerprint density at radius 2 is 1.70 bits per heavy atom. The van der Waals surface area contributed by atoms with E-state index in [1.54, 1.807) is 31.3 Å². The third-order valence-electron chi connectivity index (χ3n) is 5.60. The summed E-state index contributed by atoms with van der Waals surface area (Å²) in [6, 6.07) is 21.4. The first-order chi connectivity index (χ1) is 15.6. The van der Waals surface area contributed by atoms with Gasteiger partial charge in [-0.15, -0.1) is 0 Å². The van der Waals surface area contributed by atoms with Gasteiger partial charge in [-0.3, -0.25) is 14.2 Å². The Kier molecular flexibility index (Phi) is 5.69. The van der Waals surface area contributed by atoms with Crippen LogP contribution in [0.2, 0.25) is 0 Å². The van der Waals surface area contributed by atoms with Crippen LogP contribution in [-0.4, -0.2) is 43.9 Å². The first-order valence-electron chi connectivity index (χ1n) is 10.1. The number of nitrogens with zero attached hydrogens (tertiary/aromatic N) is 2. The molecule has 9 heteroatoms. The Balaban J connectivity index is 1.89. The Morgan fingerprint density at radius 1 is 1.00 bits per heavy atom. The lowest BCUT2D eigenvalue weighted by atomic mass is 9.81. The fraction of sp³-hybridized carbons (Fsp3) is 0.167. The molecule has 170 valence electrons. The fourth-order valence-corrected chi connectivity index (χ4v) is 4.61. The van der Waals surface area contributed by atoms with Crippen molar-refractivity contribution in [2.24, 2.45) is 10.7 Å². The van der Waals surface area contributed by atoms with Crippen molar-refractivity contribution < 1.29 is 22.5 Å². The van der Waals surface area contributed by atoms with Gasteiger partial charge < -0.3 is 10.5 Å². The molecular weight excluding hydrogens is 442 g/mol. The zero-order valence-electron chi connectivity index (χ0n) is 18.1. The Bertz CT molecular complexity index is 1360. The molecule has 0 saturated heterocycles. The molecule has 1 aliphatic heterocycles. The van der Waals surface area contributed by atoms with E-state index >= 15 is 0 Å². The van der Waals surface area contributed by atoms with Crippen LogP contribution >= 0.6 is 0 Å². The van der Waals surface area contributed by atoms with Crippen LogP contribution < -0.4 is 10.5 Å². The molecule has 0 spiro atoms. The van der Waals surface area contributed by atoms with Crippen molar-refractivity contribution in [3.8, 4) is 16.9 Å². The van der Waals surface area contributed by atoms with Crippen molar-refractivity contribution >= 4 is 22.0 Å². The number of nitrogens with two attached hydrogens (primary N) is 1. The molecule has 0 bridgehead atoms. The van der Waals surface area contributed by atoms with E-state index in [1.165, 1.54) is 12.0 Å². The number of amides is 1. The van der Waals surface area contributed by atoms with Gasteiger partial charge in [0, 0.05) is 7.05 Å². The van der Waals surface area contributed by atoms with Crippen LogP contribution in [0, 0.1) is 0 Å². The van der Waals surface area contributed by atoms with Gasteiger partial charge in [-0.1, -0.05) is 48.5 Å². The fourth-order valence-electron chi connectivity index (χ4n) is 4.03. The average molecular weight is 466 g/mol. The summed E-state index contributed by atoms with van der Waals surface area (Å²) in [6.45, 7) is 0. The van der Waals surface area contributed by atoms with Gasteiger partial charge in [0.05, 0.1) is 7.11 Å². The number of carbonyl (C=O) groups is 1. The van der Waals surface area contributed by atoms with Crippen LogP contribution in [0.5, 0.6) is 5.75 Å². The minimum Gasteiger partial charge on any atom is -0.497 e. The summed E-state index contributed by atoms with van der Waals surface area (Å²) in [4.78, 5) is 19.3. The standard InChI is InChI=1S/C24H23N3O5S/c1-27-22(28)24(26-23(27)25,19-8-4-3-5-9-19)20-10-6-7-17(13-20)18-11-16(15-33(29,30)31)12-21(14-18)32-2/h3-14H,15H2,1-2H3,(H2,25,26)(H,29,30,31)/t24-/m0/s1. The SMILES string of the molecule is COc1cc(CS(=O)(=O)O)cc(-c2cccc([C@]3(c4ccccc4)N=C(N)N(C)C3=O)c2)c1. The van der Waals surface area contributed by atoms with Gasteiger partial charge in [0.25, 0.3) is 16.0 Å². The number of hydrogen-bond donors (Lipinski definition) is 2. The second-order valence-corrected chi connectivity index (χ2v) is 9.24. The number of hydrogen-bond acceptors (Lipinski definition) is 6. The zero-order chi connectivity index (χ0) is 23.8. The second-order valence-electron chi connectivity index (χ2n) is 7.79. The molecule has 1 aliphatic rings. The highest BCUT2D eigenvalue weighted by molar-refractivity contribution is 7.85. The van der Waals surface area contributed by atoms with E-state index in [4.69, 9.17) is 10.5 Å². The van der Waals surface area contributed by atoms with Crippen LogP contribution in [-0.2, 0) is 26.2 Å². The highest BCUT2D eigenvalue weighted by Crippen LogP contribution is 2.40. The lowest BCUT2D eigenvalue weighted by Gasteiger charge is -2.26. The lowest BCUT2D eigenvalue weighted by Crippen LogP contribution is -2.41. The summed E-state index contributed by atoms with van der Waals surface area (Å²) in [5, 5.41) is 0. The summed E-state index contributed by atoms with van der Waals surface area (Å²) in [7, 11) is -1.17. The first-order valence-corrected chi connectivity index (χ1v) is 11.7. The van der Waals surface area contributed by atoms with Crippen molar-refractivity contribution in [1.29, 1.82) is 0 Å². The van der Waals surface area contributed by atoms with E-state index in [1.807, 2.05) is 48.5 Å². The number of carbonyl (C=O) groups excluding carboxylic acids is 1. The highest BCUT2D eigenvalue weighted by Gasteiger charge is 2.49. The molecule has 33 heavy (non-hydrogen) atoms. The van der Waals surface area contributed by atoms with E-state index in [2.05, 4.69) is 4.99 Å². The van der Waals surface area contributed by atoms with Gasteiger partial charge in [0.15, 0.2) is 11.5 Å². The van der Waals surface area contributed by atoms with Crippen LogP contribution in [0.3, 0.4) is 0 Å². The van der Waals surface area contributed by atoms with Crippen LogP contribution in [0.4, 0.5) is 0 Å². The molecule has 1 atom stereocenters. The van der Waals surface area contributed by atoms with Crippen LogP contribution in [0.25, 0.3) is 11.1 Å². The average Bonchev–Trinajstić information content (AvgIpc) is 3.03. The third-order valence-corrected chi connectivity index (χ3v) is 6.29. The monoisotopic (exact) mass is 465 g/mol.